The van der Waals surface area contributed by atoms with Crippen molar-refractivity contribution in [1.29, 1.82) is 0 Å². The van der Waals surface area contributed by atoms with Gasteiger partial charge in [-0.3, -0.25) is 9.59 Å². The lowest BCUT2D eigenvalue weighted by molar-refractivity contribution is -0.127. The van der Waals surface area contributed by atoms with E-state index < -0.39 is 0 Å². The summed E-state index contributed by atoms with van der Waals surface area (Å²) in [6.07, 6.45) is 0.239. The molecule has 0 saturated carbocycles. The Hall–Kier alpha value is -1.10. The molecule has 0 aliphatic carbocycles. The lowest BCUT2D eigenvalue weighted by Gasteiger charge is -2.20. The van der Waals surface area contributed by atoms with E-state index in [1.54, 1.807) is 6.92 Å². The minimum absolute atomic E-state index is 0.00280. The molecule has 5 nitrogen and oxygen atoms in total. The van der Waals surface area contributed by atoms with Gasteiger partial charge in [0.25, 0.3) is 0 Å². The van der Waals surface area contributed by atoms with E-state index in [1.165, 1.54) is 0 Å². The molecule has 0 rings (SSSR count). The molecule has 5 heteroatoms. The van der Waals surface area contributed by atoms with Gasteiger partial charge in [0.1, 0.15) is 0 Å². The first-order chi connectivity index (χ1) is 6.70. The summed E-state index contributed by atoms with van der Waals surface area (Å²) in [4.78, 5) is 22.4. The van der Waals surface area contributed by atoms with Crippen LogP contribution in [0.1, 0.15) is 34.1 Å². The third kappa shape index (κ3) is 9.21. The monoisotopic (exact) mass is 215 g/mol. The van der Waals surface area contributed by atoms with Gasteiger partial charge < -0.3 is 16.4 Å². The van der Waals surface area contributed by atoms with Gasteiger partial charge >= 0.3 is 0 Å². The molecule has 0 fully saturated rings. The Morgan fingerprint density at radius 1 is 1.27 bits per heavy atom. The summed E-state index contributed by atoms with van der Waals surface area (Å²) in [5.41, 5.74) is 5.17. The highest BCUT2D eigenvalue weighted by molar-refractivity contribution is 5.85. The van der Waals surface area contributed by atoms with Crippen molar-refractivity contribution in [1.82, 2.24) is 10.6 Å². The van der Waals surface area contributed by atoms with E-state index in [4.69, 9.17) is 5.73 Å². The lowest BCUT2D eigenvalue weighted by atomic mass is 10.1. The number of hydrogen-bond donors (Lipinski definition) is 3. The van der Waals surface area contributed by atoms with Crippen LogP contribution in [0.2, 0.25) is 0 Å². The molecule has 0 aromatic rings. The first-order valence-electron chi connectivity index (χ1n) is 5.04. The van der Waals surface area contributed by atoms with Gasteiger partial charge in [0.05, 0.1) is 6.54 Å². The van der Waals surface area contributed by atoms with Crippen LogP contribution < -0.4 is 16.4 Å². The largest absolute Gasteiger partial charge is 0.350 e. The van der Waals surface area contributed by atoms with Gasteiger partial charge in [-0.2, -0.15) is 0 Å². The third-order valence-electron chi connectivity index (χ3n) is 1.47. The van der Waals surface area contributed by atoms with Crippen molar-refractivity contribution in [2.24, 2.45) is 5.73 Å². The molecule has 4 N–H and O–H groups in total. The molecule has 0 aromatic heterocycles. The smallest absolute Gasteiger partial charge is 0.239 e. The Balaban J connectivity index is 3.77. The Kier molecular flexibility index (Phi) is 5.28. The Morgan fingerprint density at radius 2 is 1.80 bits per heavy atom. The molecule has 88 valence electrons. The van der Waals surface area contributed by atoms with Gasteiger partial charge in [-0.1, -0.05) is 0 Å². The summed E-state index contributed by atoms with van der Waals surface area (Å²) in [6.45, 7) is 7.40. The summed E-state index contributed by atoms with van der Waals surface area (Å²) in [7, 11) is 0. The predicted octanol–water partition coefficient (Wildman–Crippen LogP) is -0.245. The number of nitrogens with one attached hydrogen (secondary N) is 2. The summed E-state index contributed by atoms with van der Waals surface area (Å²) in [5.74, 6) is -0.394. The van der Waals surface area contributed by atoms with E-state index in [-0.39, 0.29) is 36.4 Å². The quantitative estimate of drug-likeness (QED) is 0.605. The fraction of sp³-hybridized carbons (Fsp3) is 0.800. The maximum absolute atomic E-state index is 11.3. The molecule has 15 heavy (non-hydrogen) atoms. The van der Waals surface area contributed by atoms with Crippen LogP contribution in [-0.4, -0.2) is 29.9 Å². The molecule has 1 atom stereocenters. The number of carbonyl (C=O) groups is 2. The molecule has 0 aliphatic heterocycles. The summed E-state index contributed by atoms with van der Waals surface area (Å²) in [6, 6.07) is -0.185. The zero-order valence-electron chi connectivity index (χ0n) is 9.89. The van der Waals surface area contributed by atoms with E-state index in [2.05, 4.69) is 10.6 Å². The minimum Gasteiger partial charge on any atom is -0.350 e. The maximum Gasteiger partial charge on any atom is 0.239 e. The lowest BCUT2D eigenvalue weighted by Crippen LogP contribution is -2.46. The Bertz CT molecular complexity index is 231. The van der Waals surface area contributed by atoms with Crippen molar-refractivity contribution in [3.8, 4) is 0 Å². The number of rotatable bonds is 4. The standard InChI is InChI=1S/C10H21N3O2/c1-7(11)5-8(14)12-6-9(15)13-10(2,3)4/h7H,5-6,11H2,1-4H3,(H,12,14)(H,13,15). The topological polar surface area (TPSA) is 84.2 Å². The molecule has 0 aromatic carbocycles. The molecule has 0 heterocycles. The zero-order chi connectivity index (χ0) is 12.1. The molecule has 2 amide bonds. The van der Waals surface area contributed by atoms with Crippen molar-refractivity contribution in [2.45, 2.75) is 45.7 Å². The first kappa shape index (κ1) is 13.9. The van der Waals surface area contributed by atoms with Crippen molar-refractivity contribution in [3.63, 3.8) is 0 Å². The molecule has 0 radical (unpaired) electrons. The first-order valence-corrected chi connectivity index (χ1v) is 5.04. The fourth-order valence-electron chi connectivity index (χ4n) is 1.01. The van der Waals surface area contributed by atoms with E-state index in [9.17, 15) is 9.59 Å². The number of amides is 2. The van der Waals surface area contributed by atoms with E-state index in [1.807, 2.05) is 20.8 Å². The van der Waals surface area contributed by atoms with Crippen LogP contribution in [0.15, 0.2) is 0 Å². The highest BCUT2D eigenvalue weighted by Crippen LogP contribution is 1.97. The summed E-state index contributed by atoms with van der Waals surface area (Å²) in [5, 5.41) is 5.25. The van der Waals surface area contributed by atoms with Gasteiger partial charge in [0, 0.05) is 18.0 Å². The van der Waals surface area contributed by atoms with Crippen LogP contribution in [0.4, 0.5) is 0 Å². The second kappa shape index (κ2) is 5.70. The van der Waals surface area contributed by atoms with Gasteiger partial charge in [0.2, 0.25) is 11.8 Å². The highest BCUT2D eigenvalue weighted by Gasteiger charge is 2.14. The second-order valence-electron chi connectivity index (χ2n) is 4.76. The minimum atomic E-state index is -0.275. The van der Waals surface area contributed by atoms with Gasteiger partial charge in [-0.05, 0) is 27.7 Å². The molecular weight excluding hydrogens is 194 g/mol. The molecule has 0 bridgehead atoms. The van der Waals surface area contributed by atoms with Gasteiger partial charge in [0.15, 0.2) is 0 Å². The van der Waals surface area contributed by atoms with Crippen LogP contribution in [0.3, 0.4) is 0 Å². The normalized spacial score (nSPS) is 13.1. The van der Waals surface area contributed by atoms with Crippen molar-refractivity contribution < 1.29 is 9.59 Å². The highest BCUT2D eigenvalue weighted by atomic mass is 16.2. The average molecular weight is 215 g/mol. The van der Waals surface area contributed by atoms with Crippen LogP contribution in [0.25, 0.3) is 0 Å². The third-order valence-corrected chi connectivity index (χ3v) is 1.47. The van der Waals surface area contributed by atoms with Crippen molar-refractivity contribution in [3.05, 3.63) is 0 Å². The van der Waals surface area contributed by atoms with Crippen LogP contribution in [0.5, 0.6) is 0 Å². The second-order valence-corrected chi connectivity index (χ2v) is 4.76. The van der Waals surface area contributed by atoms with E-state index in [0.717, 1.165) is 0 Å². The van der Waals surface area contributed by atoms with Crippen LogP contribution in [-0.2, 0) is 9.59 Å². The molecular formula is C10H21N3O2. The molecule has 1 unspecified atom stereocenters. The Labute approximate surface area is 90.8 Å². The van der Waals surface area contributed by atoms with Gasteiger partial charge in [-0.15, -0.1) is 0 Å². The van der Waals surface area contributed by atoms with Crippen LogP contribution in [0, 0.1) is 0 Å². The number of carbonyl (C=O) groups excluding carboxylic acids is 2. The zero-order valence-corrected chi connectivity index (χ0v) is 9.89. The number of nitrogens with two attached hydrogens (primary N) is 1. The molecule has 0 saturated heterocycles. The average Bonchev–Trinajstić information content (AvgIpc) is 1.96. The van der Waals surface area contributed by atoms with Crippen molar-refractivity contribution in [2.75, 3.05) is 6.54 Å². The molecule has 0 spiro atoms. The van der Waals surface area contributed by atoms with Gasteiger partial charge in [-0.25, -0.2) is 0 Å². The van der Waals surface area contributed by atoms with Crippen LogP contribution >= 0.6 is 0 Å². The van der Waals surface area contributed by atoms with E-state index >= 15 is 0 Å². The predicted molar refractivity (Wildman–Crippen MR) is 59.2 cm³/mol. The fourth-order valence-corrected chi connectivity index (χ4v) is 1.01. The SMILES string of the molecule is CC(N)CC(=O)NCC(=O)NC(C)(C)C. The summed E-state index contributed by atoms with van der Waals surface area (Å²) >= 11 is 0. The maximum atomic E-state index is 11.3. The number of hydrogen-bond acceptors (Lipinski definition) is 3. The van der Waals surface area contributed by atoms with Crippen molar-refractivity contribution >= 4 is 11.8 Å². The summed E-state index contributed by atoms with van der Waals surface area (Å²) < 4.78 is 0. The Morgan fingerprint density at radius 3 is 2.20 bits per heavy atom. The van der Waals surface area contributed by atoms with E-state index in [0.29, 0.717) is 0 Å². The molecule has 0 aliphatic rings.